The Kier molecular flexibility index (Phi) is 6.38. The van der Waals surface area contributed by atoms with Gasteiger partial charge in [-0.15, -0.1) is 0 Å². The molecular weight excluding hydrogens is 520 g/mol. The number of rotatable bonds is 6. The third kappa shape index (κ3) is 4.78. The SMILES string of the molecule is Cc1ccc(-n2nc(-c3ccc(S(=O)(=O)N4CCOCC4)cc3)cc2NC(=O)c2cnn3cccnc23)nc1. The van der Waals surface area contributed by atoms with E-state index in [0.29, 0.717) is 60.4 Å². The summed E-state index contributed by atoms with van der Waals surface area (Å²) >= 11 is 0. The van der Waals surface area contributed by atoms with Crippen LogP contribution in [0.15, 0.2) is 78.2 Å². The van der Waals surface area contributed by atoms with Crippen LogP contribution in [0, 0.1) is 6.92 Å². The van der Waals surface area contributed by atoms with Gasteiger partial charge in [-0.2, -0.15) is 19.2 Å². The van der Waals surface area contributed by atoms with Crippen LogP contribution in [0.3, 0.4) is 0 Å². The van der Waals surface area contributed by atoms with Crippen molar-refractivity contribution in [3.63, 3.8) is 0 Å². The van der Waals surface area contributed by atoms with Crippen molar-refractivity contribution in [2.24, 2.45) is 0 Å². The lowest BCUT2D eigenvalue weighted by Gasteiger charge is -2.26. The fraction of sp³-hybridized carbons (Fsp3) is 0.192. The van der Waals surface area contributed by atoms with Crippen LogP contribution in [0.25, 0.3) is 22.7 Å². The van der Waals surface area contributed by atoms with Gasteiger partial charge >= 0.3 is 0 Å². The highest BCUT2D eigenvalue weighted by Crippen LogP contribution is 2.27. The summed E-state index contributed by atoms with van der Waals surface area (Å²) in [5.74, 6) is 0.480. The van der Waals surface area contributed by atoms with Crippen LogP contribution in [0.4, 0.5) is 5.82 Å². The summed E-state index contributed by atoms with van der Waals surface area (Å²) in [6.45, 7) is 3.33. The molecule has 1 saturated heterocycles. The van der Waals surface area contributed by atoms with Gasteiger partial charge in [0.15, 0.2) is 11.5 Å². The molecule has 6 rings (SSSR count). The Labute approximate surface area is 223 Å². The summed E-state index contributed by atoms with van der Waals surface area (Å²) in [6.07, 6.45) is 6.47. The van der Waals surface area contributed by atoms with Gasteiger partial charge in [-0.05, 0) is 36.8 Å². The highest BCUT2D eigenvalue weighted by molar-refractivity contribution is 7.89. The number of aryl methyl sites for hydroxylation is 1. The molecule has 0 aliphatic carbocycles. The van der Waals surface area contributed by atoms with E-state index in [2.05, 4.69) is 25.5 Å². The minimum absolute atomic E-state index is 0.196. The van der Waals surface area contributed by atoms with Crippen LogP contribution in [0.2, 0.25) is 0 Å². The normalized spacial score (nSPS) is 14.5. The van der Waals surface area contributed by atoms with Crippen molar-refractivity contribution >= 4 is 27.4 Å². The Balaban J connectivity index is 1.34. The molecule has 0 atom stereocenters. The van der Waals surface area contributed by atoms with Gasteiger partial charge in [0.1, 0.15) is 11.4 Å². The molecule has 0 unspecified atom stereocenters. The molecular formula is C26H24N8O4S. The molecule has 1 N–H and O–H groups in total. The van der Waals surface area contributed by atoms with Crippen molar-refractivity contribution in [3.05, 3.63) is 84.4 Å². The van der Waals surface area contributed by atoms with E-state index >= 15 is 0 Å². The van der Waals surface area contributed by atoms with E-state index in [4.69, 9.17) is 4.74 Å². The number of fused-ring (bicyclic) bond motifs is 1. The highest BCUT2D eigenvalue weighted by atomic mass is 32.2. The number of nitrogens with zero attached hydrogens (tertiary/aromatic N) is 7. The molecule has 0 saturated carbocycles. The van der Waals surface area contributed by atoms with Crippen LogP contribution < -0.4 is 5.32 Å². The molecule has 0 bridgehead atoms. The van der Waals surface area contributed by atoms with Gasteiger partial charge in [-0.3, -0.25) is 4.79 Å². The number of pyridine rings is 1. The second kappa shape index (κ2) is 10.0. The topological polar surface area (TPSA) is 137 Å². The van der Waals surface area contributed by atoms with Gasteiger partial charge in [0.25, 0.3) is 5.91 Å². The van der Waals surface area contributed by atoms with Crippen LogP contribution in [-0.2, 0) is 14.8 Å². The standard InChI is InChI=1S/C26H24N8O4S/c1-18-3-8-23(28-16-18)34-24(30-26(35)21-17-29-33-10-2-9-27-25(21)33)15-22(31-34)19-4-6-20(7-5-19)39(36,37)32-11-13-38-14-12-32/h2-10,15-17H,11-14H2,1H3,(H,30,35). The van der Waals surface area contributed by atoms with Gasteiger partial charge in [0, 0.05) is 43.3 Å². The third-order valence-corrected chi connectivity index (χ3v) is 8.26. The zero-order valence-electron chi connectivity index (χ0n) is 20.9. The van der Waals surface area contributed by atoms with E-state index < -0.39 is 15.9 Å². The average Bonchev–Trinajstić information content (AvgIpc) is 3.59. The van der Waals surface area contributed by atoms with Crippen LogP contribution in [-0.4, -0.2) is 74.3 Å². The molecule has 39 heavy (non-hydrogen) atoms. The minimum Gasteiger partial charge on any atom is -0.379 e. The van der Waals surface area contributed by atoms with E-state index in [-0.39, 0.29) is 4.90 Å². The Hall–Kier alpha value is -4.46. The molecule has 1 fully saturated rings. The lowest BCUT2D eigenvalue weighted by Crippen LogP contribution is -2.40. The molecule has 0 radical (unpaired) electrons. The first-order valence-electron chi connectivity index (χ1n) is 12.2. The maximum atomic E-state index is 13.2. The lowest BCUT2D eigenvalue weighted by molar-refractivity contribution is 0.0730. The molecule has 4 aromatic heterocycles. The van der Waals surface area contributed by atoms with Gasteiger partial charge in [-0.1, -0.05) is 18.2 Å². The van der Waals surface area contributed by atoms with Gasteiger partial charge in [0.05, 0.1) is 30.0 Å². The Morgan fingerprint density at radius 3 is 2.56 bits per heavy atom. The number of morpholine rings is 1. The fourth-order valence-corrected chi connectivity index (χ4v) is 5.68. The molecule has 1 aromatic carbocycles. The zero-order valence-corrected chi connectivity index (χ0v) is 21.7. The van der Waals surface area contributed by atoms with Crippen molar-refractivity contribution in [1.82, 2.24) is 33.7 Å². The summed E-state index contributed by atoms with van der Waals surface area (Å²) in [7, 11) is -3.62. The van der Waals surface area contributed by atoms with E-state index in [1.165, 1.54) is 19.7 Å². The van der Waals surface area contributed by atoms with Crippen molar-refractivity contribution in [2.45, 2.75) is 11.8 Å². The fourth-order valence-electron chi connectivity index (χ4n) is 4.28. The number of aromatic nitrogens is 6. The first-order valence-corrected chi connectivity index (χ1v) is 13.7. The van der Waals surface area contributed by atoms with Gasteiger partial charge < -0.3 is 10.1 Å². The maximum absolute atomic E-state index is 13.2. The molecule has 0 spiro atoms. The predicted octanol–water partition coefficient (Wildman–Crippen LogP) is 2.56. The second-order valence-electron chi connectivity index (χ2n) is 8.96. The number of benzene rings is 1. The Morgan fingerprint density at radius 1 is 1.03 bits per heavy atom. The number of hydrogen-bond donors (Lipinski definition) is 1. The number of hydrogen-bond acceptors (Lipinski definition) is 8. The van der Waals surface area contributed by atoms with Crippen molar-refractivity contribution in [1.29, 1.82) is 0 Å². The van der Waals surface area contributed by atoms with Crippen LogP contribution >= 0.6 is 0 Å². The zero-order chi connectivity index (χ0) is 27.0. The largest absolute Gasteiger partial charge is 0.379 e. The van der Waals surface area contributed by atoms with Crippen LogP contribution in [0.5, 0.6) is 0 Å². The van der Waals surface area contributed by atoms with Crippen LogP contribution in [0.1, 0.15) is 15.9 Å². The van der Waals surface area contributed by atoms with Crippen molar-refractivity contribution < 1.29 is 17.9 Å². The quantitative estimate of drug-likeness (QED) is 0.344. The second-order valence-corrected chi connectivity index (χ2v) is 10.9. The maximum Gasteiger partial charge on any atom is 0.262 e. The molecule has 5 aromatic rings. The number of anilines is 1. The monoisotopic (exact) mass is 544 g/mol. The van der Waals surface area contributed by atoms with E-state index in [1.54, 1.807) is 61.1 Å². The van der Waals surface area contributed by atoms with Gasteiger partial charge in [-0.25, -0.2) is 22.9 Å². The highest BCUT2D eigenvalue weighted by Gasteiger charge is 2.26. The predicted molar refractivity (Wildman–Crippen MR) is 142 cm³/mol. The summed E-state index contributed by atoms with van der Waals surface area (Å²) < 4.78 is 35.8. The summed E-state index contributed by atoms with van der Waals surface area (Å²) in [5.41, 5.74) is 2.91. The van der Waals surface area contributed by atoms with Crippen molar-refractivity contribution in [3.8, 4) is 17.1 Å². The number of nitrogens with one attached hydrogen (secondary N) is 1. The van der Waals surface area contributed by atoms with Gasteiger partial charge in [0.2, 0.25) is 10.0 Å². The number of amides is 1. The number of carbonyl (C=O) groups excluding carboxylic acids is 1. The molecule has 1 amide bonds. The number of carbonyl (C=O) groups is 1. The van der Waals surface area contributed by atoms with E-state index in [0.717, 1.165) is 5.56 Å². The first kappa shape index (κ1) is 24.9. The molecule has 5 heterocycles. The smallest absolute Gasteiger partial charge is 0.262 e. The van der Waals surface area contributed by atoms with Crippen molar-refractivity contribution in [2.75, 3.05) is 31.6 Å². The molecule has 1 aliphatic heterocycles. The summed E-state index contributed by atoms with van der Waals surface area (Å²) in [6, 6.07) is 13.7. The third-order valence-electron chi connectivity index (χ3n) is 6.35. The minimum atomic E-state index is -3.62. The molecule has 12 nitrogen and oxygen atoms in total. The average molecular weight is 545 g/mol. The first-order chi connectivity index (χ1) is 18.9. The molecule has 1 aliphatic rings. The Bertz CT molecular complexity index is 1760. The summed E-state index contributed by atoms with van der Waals surface area (Å²) in [5, 5.41) is 11.8. The lowest BCUT2D eigenvalue weighted by atomic mass is 10.1. The van der Waals surface area contributed by atoms with E-state index in [9.17, 15) is 13.2 Å². The number of ether oxygens (including phenoxy) is 1. The Morgan fingerprint density at radius 2 is 1.82 bits per heavy atom. The molecule has 13 heteroatoms. The molecule has 198 valence electrons. The van der Waals surface area contributed by atoms with E-state index in [1.807, 2.05) is 13.0 Å². The summed E-state index contributed by atoms with van der Waals surface area (Å²) in [4.78, 5) is 22.1. The number of sulfonamides is 1.